The van der Waals surface area contributed by atoms with Crippen molar-refractivity contribution in [3.63, 3.8) is 0 Å². The van der Waals surface area contributed by atoms with E-state index in [0.717, 1.165) is 22.0 Å². The van der Waals surface area contributed by atoms with Crippen molar-refractivity contribution in [1.29, 1.82) is 0 Å². The van der Waals surface area contributed by atoms with Crippen LogP contribution in [0.4, 0.5) is 12.9 Å². The number of para-hydroxylation sites is 1. The molecule has 0 atom stereocenters. The van der Waals surface area contributed by atoms with Gasteiger partial charge in [-0.1, -0.05) is 23.9 Å². The van der Waals surface area contributed by atoms with E-state index in [1.165, 1.54) is 11.3 Å². The summed E-state index contributed by atoms with van der Waals surface area (Å²) >= 11 is 2.48. The molecular weight excluding hydrogens is 266 g/mol. The third-order valence-corrected chi connectivity index (χ3v) is 4.41. The van der Waals surface area contributed by atoms with Crippen molar-refractivity contribution < 1.29 is 12.9 Å². The smallest absolute Gasteiger partial charge is 0.445 e. The summed E-state index contributed by atoms with van der Waals surface area (Å²) in [4.78, 5) is 4.25. The van der Waals surface area contributed by atoms with Gasteiger partial charge in [-0.15, -0.1) is 23.4 Å². The summed E-state index contributed by atoms with van der Waals surface area (Å²) in [5.41, 5.74) is 0.150. The standard InChI is InChI=1S/C10H8BF3NS2/c1-7(11(12,13)14)6-16-10-15-8-4-2-3-5-9(8)17-10/h2-5H,1,6H2/q-1. The van der Waals surface area contributed by atoms with Crippen LogP contribution in [0.2, 0.25) is 0 Å². The number of thiazole rings is 1. The number of hydrogen-bond acceptors (Lipinski definition) is 3. The lowest BCUT2D eigenvalue weighted by Gasteiger charge is -2.16. The molecule has 0 radical (unpaired) electrons. The number of halogens is 3. The third-order valence-electron chi connectivity index (χ3n) is 2.12. The molecule has 0 aliphatic carbocycles. The topological polar surface area (TPSA) is 12.9 Å². The number of fused-ring (bicyclic) bond motifs is 1. The summed E-state index contributed by atoms with van der Waals surface area (Å²) < 4.78 is 38.5. The van der Waals surface area contributed by atoms with Gasteiger partial charge >= 0.3 is 6.98 Å². The van der Waals surface area contributed by atoms with Gasteiger partial charge in [0.25, 0.3) is 0 Å². The molecule has 0 amide bonds. The monoisotopic (exact) mass is 274 g/mol. The van der Waals surface area contributed by atoms with Gasteiger partial charge in [-0.3, -0.25) is 0 Å². The molecule has 1 aromatic heterocycles. The number of thioether (sulfide) groups is 1. The Labute approximate surface area is 105 Å². The first-order valence-electron chi connectivity index (χ1n) is 4.83. The van der Waals surface area contributed by atoms with E-state index in [-0.39, 0.29) is 5.75 Å². The number of benzene rings is 1. The van der Waals surface area contributed by atoms with Crippen molar-refractivity contribution >= 4 is 40.3 Å². The normalized spacial score (nSPS) is 11.9. The van der Waals surface area contributed by atoms with Crippen molar-refractivity contribution in [2.75, 3.05) is 5.75 Å². The van der Waals surface area contributed by atoms with Crippen LogP contribution in [-0.2, 0) is 0 Å². The molecule has 1 heterocycles. The van der Waals surface area contributed by atoms with Gasteiger partial charge in [0.15, 0.2) is 4.34 Å². The fourth-order valence-corrected chi connectivity index (χ4v) is 3.20. The molecule has 0 saturated heterocycles. The first-order chi connectivity index (χ1) is 7.97. The quantitative estimate of drug-likeness (QED) is 0.608. The van der Waals surface area contributed by atoms with E-state index < -0.39 is 12.4 Å². The maximum Gasteiger partial charge on any atom is 0.505 e. The van der Waals surface area contributed by atoms with Crippen LogP contribution in [0.1, 0.15) is 0 Å². The second-order valence-electron chi connectivity index (χ2n) is 3.47. The van der Waals surface area contributed by atoms with Gasteiger partial charge in [0.1, 0.15) is 0 Å². The lowest BCUT2D eigenvalue weighted by molar-refractivity contribution is 0.491. The molecule has 0 aliphatic heterocycles. The minimum atomic E-state index is -4.94. The van der Waals surface area contributed by atoms with Gasteiger partial charge in [0.2, 0.25) is 0 Å². The predicted molar refractivity (Wildman–Crippen MR) is 68.6 cm³/mol. The van der Waals surface area contributed by atoms with Gasteiger partial charge in [-0.05, 0) is 17.9 Å². The second-order valence-corrected chi connectivity index (χ2v) is 5.72. The van der Waals surface area contributed by atoms with Gasteiger partial charge in [0, 0.05) is 0 Å². The number of nitrogens with zero attached hydrogens (tertiary/aromatic N) is 1. The molecular formula is C10H8BF3NS2-. The zero-order valence-electron chi connectivity index (χ0n) is 8.70. The second kappa shape index (κ2) is 4.74. The number of hydrogen-bond donors (Lipinski definition) is 0. The van der Waals surface area contributed by atoms with Gasteiger partial charge in [0.05, 0.1) is 10.2 Å². The minimum absolute atomic E-state index is 0.149. The summed E-state index contributed by atoms with van der Waals surface area (Å²) in [5, 5.41) is 0. The average Bonchev–Trinajstić information content (AvgIpc) is 2.66. The molecule has 1 aromatic carbocycles. The Morgan fingerprint density at radius 2 is 2.06 bits per heavy atom. The van der Waals surface area contributed by atoms with E-state index in [4.69, 9.17) is 0 Å². The minimum Gasteiger partial charge on any atom is -0.445 e. The summed E-state index contributed by atoms with van der Waals surface area (Å²) in [5.74, 6) is -0.149. The largest absolute Gasteiger partial charge is 0.505 e. The van der Waals surface area contributed by atoms with Crippen LogP contribution in [0.25, 0.3) is 10.2 Å². The number of rotatable bonds is 4. The molecule has 17 heavy (non-hydrogen) atoms. The molecule has 90 valence electrons. The highest BCUT2D eigenvalue weighted by Crippen LogP contribution is 2.32. The highest BCUT2D eigenvalue weighted by Gasteiger charge is 2.26. The van der Waals surface area contributed by atoms with Crippen molar-refractivity contribution in [3.05, 3.63) is 36.3 Å². The Morgan fingerprint density at radius 1 is 1.35 bits per heavy atom. The van der Waals surface area contributed by atoms with Crippen LogP contribution in [0.5, 0.6) is 0 Å². The van der Waals surface area contributed by atoms with Crippen molar-refractivity contribution in [3.8, 4) is 0 Å². The SMILES string of the molecule is C=C(CSc1nc2ccccc2s1)[B-](F)(F)F. The highest BCUT2D eigenvalue weighted by atomic mass is 32.2. The first-order valence-corrected chi connectivity index (χ1v) is 6.63. The highest BCUT2D eigenvalue weighted by molar-refractivity contribution is 8.01. The van der Waals surface area contributed by atoms with Gasteiger partial charge in [-0.2, -0.15) is 0 Å². The molecule has 0 fully saturated rings. The lowest BCUT2D eigenvalue weighted by Crippen LogP contribution is -2.20. The summed E-state index contributed by atoms with van der Waals surface area (Å²) in [6.07, 6.45) is 0. The Hall–Kier alpha value is -0.945. The predicted octanol–water partition coefficient (Wildman–Crippen LogP) is 4.33. The van der Waals surface area contributed by atoms with Crippen molar-refractivity contribution in [1.82, 2.24) is 4.98 Å². The first kappa shape index (κ1) is 12.5. The third kappa shape index (κ3) is 3.04. The van der Waals surface area contributed by atoms with E-state index in [1.807, 2.05) is 24.3 Å². The molecule has 0 spiro atoms. The van der Waals surface area contributed by atoms with E-state index in [2.05, 4.69) is 11.6 Å². The summed E-state index contributed by atoms with van der Waals surface area (Å²) in [6, 6.07) is 7.49. The Kier molecular flexibility index (Phi) is 3.49. The van der Waals surface area contributed by atoms with E-state index in [9.17, 15) is 12.9 Å². The zero-order valence-corrected chi connectivity index (χ0v) is 10.3. The fourth-order valence-electron chi connectivity index (χ4n) is 1.16. The molecule has 0 aliphatic rings. The average molecular weight is 274 g/mol. The van der Waals surface area contributed by atoms with Crippen LogP contribution in [0, 0.1) is 0 Å². The van der Waals surface area contributed by atoms with Crippen LogP contribution in [0.3, 0.4) is 0 Å². The van der Waals surface area contributed by atoms with Crippen LogP contribution in [0.15, 0.2) is 40.7 Å². The Balaban J connectivity index is 2.07. The van der Waals surface area contributed by atoms with Crippen molar-refractivity contribution in [2.24, 2.45) is 0 Å². The molecule has 1 nitrogen and oxygen atoms in total. The lowest BCUT2D eigenvalue weighted by atomic mass is 9.82. The summed E-state index contributed by atoms with van der Waals surface area (Å²) in [7, 11) is 0. The fraction of sp³-hybridized carbons (Fsp3) is 0.100. The molecule has 2 aromatic rings. The zero-order chi connectivity index (χ0) is 12.5. The molecule has 0 N–H and O–H groups in total. The number of aromatic nitrogens is 1. The molecule has 7 heteroatoms. The van der Waals surface area contributed by atoms with Crippen LogP contribution in [-0.4, -0.2) is 17.7 Å². The molecule has 0 bridgehead atoms. The van der Waals surface area contributed by atoms with Gasteiger partial charge < -0.3 is 12.9 Å². The van der Waals surface area contributed by atoms with E-state index in [0.29, 0.717) is 4.34 Å². The van der Waals surface area contributed by atoms with E-state index in [1.54, 1.807) is 0 Å². The maximum absolute atomic E-state index is 12.3. The van der Waals surface area contributed by atoms with Crippen molar-refractivity contribution in [2.45, 2.75) is 4.34 Å². The molecule has 0 unspecified atom stereocenters. The Morgan fingerprint density at radius 3 is 2.71 bits per heavy atom. The van der Waals surface area contributed by atoms with Crippen LogP contribution < -0.4 is 0 Å². The van der Waals surface area contributed by atoms with Gasteiger partial charge in [-0.25, -0.2) is 4.98 Å². The van der Waals surface area contributed by atoms with Crippen LogP contribution >= 0.6 is 23.1 Å². The molecule has 2 rings (SSSR count). The maximum atomic E-state index is 12.3. The molecule has 0 saturated carbocycles. The Bertz CT molecular complexity index is 517. The summed E-state index contributed by atoms with van der Waals surface area (Å²) in [6.45, 7) is -1.88. The van der Waals surface area contributed by atoms with E-state index >= 15 is 0 Å².